The Kier molecular flexibility index (Phi) is 10.1. The van der Waals surface area contributed by atoms with Crippen LogP contribution >= 0.6 is 0 Å². The lowest BCUT2D eigenvalue weighted by molar-refractivity contribution is -0.375. The Morgan fingerprint density at radius 2 is 1.12 bits per heavy atom. The normalized spacial score (nSPS) is 52.1. The first kappa shape index (κ1) is 27.6. The van der Waals surface area contributed by atoms with Gasteiger partial charge in [-0.3, -0.25) is 0 Å². The fourth-order valence-electron chi connectivity index (χ4n) is 3.12. The molecule has 0 spiro atoms. The van der Waals surface area contributed by atoms with Crippen molar-refractivity contribution in [2.75, 3.05) is 13.2 Å². The molecule has 0 aromatic rings. The van der Waals surface area contributed by atoms with Crippen molar-refractivity contribution < 1.29 is 80.2 Å². The monoisotopic (exact) mass is 478 g/mol. The Hall–Kier alpha value is -0.640. The average Bonchev–Trinajstić information content (AvgIpc) is 2.77. The van der Waals surface area contributed by atoms with Gasteiger partial charge in [0.05, 0.1) is 13.2 Å². The summed E-state index contributed by atoms with van der Waals surface area (Å²) in [5.74, 6) is 0. The second kappa shape index (κ2) is 11.7. The molecule has 0 aliphatic carbocycles. The van der Waals surface area contributed by atoms with E-state index in [1.54, 1.807) is 0 Å². The summed E-state index contributed by atoms with van der Waals surface area (Å²) in [5.41, 5.74) is 0. The maximum absolute atomic E-state index is 9.87. The van der Waals surface area contributed by atoms with E-state index in [4.69, 9.17) is 34.6 Å². The molecule has 3 aliphatic rings. The van der Waals surface area contributed by atoms with Crippen LogP contribution in [0.4, 0.5) is 0 Å². The summed E-state index contributed by atoms with van der Waals surface area (Å²) in [4.78, 5) is 0. The zero-order valence-corrected chi connectivity index (χ0v) is 16.5. The van der Waals surface area contributed by atoms with E-state index in [1.165, 1.54) is 0 Å². The third-order valence-corrected chi connectivity index (χ3v) is 5.15. The zero-order chi connectivity index (χ0) is 24.3. The van der Waals surface area contributed by atoms with Crippen LogP contribution in [0.5, 0.6) is 0 Å². The summed E-state index contributed by atoms with van der Waals surface area (Å²) in [7, 11) is 0. The second-order valence-corrected chi connectivity index (χ2v) is 7.47. The van der Waals surface area contributed by atoms with E-state index in [2.05, 4.69) is 4.74 Å². The molecule has 0 aromatic heterocycles. The molecule has 32 heavy (non-hydrogen) atoms. The minimum absolute atomic E-state index is 0.153. The van der Waals surface area contributed by atoms with Gasteiger partial charge in [0, 0.05) is 0 Å². The molecule has 3 heterocycles. The van der Waals surface area contributed by atoms with E-state index >= 15 is 0 Å². The van der Waals surface area contributed by atoms with Crippen LogP contribution in [0.1, 0.15) is 0 Å². The molecular formula is C16H30O16. The highest BCUT2D eigenvalue weighted by molar-refractivity contribution is 4.92. The van der Waals surface area contributed by atoms with Crippen LogP contribution in [-0.2, 0) is 18.9 Å². The summed E-state index contributed by atoms with van der Waals surface area (Å²) >= 11 is 0. The van der Waals surface area contributed by atoms with Gasteiger partial charge in [0.2, 0.25) is 0 Å². The molecule has 16 nitrogen and oxygen atoms in total. The van der Waals surface area contributed by atoms with Gasteiger partial charge in [-0.05, 0) is 0 Å². The van der Waals surface area contributed by atoms with Crippen molar-refractivity contribution in [3.63, 3.8) is 0 Å². The molecule has 0 bridgehead atoms. The van der Waals surface area contributed by atoms with E-state index in [-0.39, 0.29) is 6.61 Å². The number of hydrogen-bond donors (Lipinski definition) is 12. The molecule has 0 saturated carbocycles. The van der Waals surface area contributed by atoms with Gasteiger partial charge in [-0.2, -0.15) is 0 Å². The number of hydrogen-bond acceptors (Lipinski definition) is 16. The molecule has 12 N–H and O–H groups in total. The molecule has 3 saturated heterocycles. The molecule has 0 aromatic carbocycles. The summed E-state index contributed by atoms with van der Waals surface area (Å²) in [5, 5.41) is 111. The van der Waals surface area contributed by atoms with E-state index in [9.17, 15) is 40.9 Å². The minimum atomic E-state index is -1.85. The van der Waals surface area contributed by atoms with Gasteiger partial charge < -0.3 is 80.2 Å². The van der Waals surface area contributed by atoms with Crippen molar-refractivity contribution >= 4 is 0 Å². The molecule has 14 atom stereocenters. The van der Waals surface area contributed by atoms with Gasteiger partial charge in [-0.1, -0.05) is 0 Å². The molecule has 3 fully saturated rings. The first-order valence-electron chi connectivity index (χ1n) is 9.58. The van der Waals surface area contributed by atoms with Crippen molar-refractivity contribution in [3.05, 3.63) is 0 Å². The van der Waals surface area contributed by atoms with Gasteiger partial charge in [0.1, 0.15) is 61.0 Å². The lowest BCUT2D eigenvalue weighted by Crippen LogP contribution is -2.64. The van der Waals surface area contributed by atoms with Crippen molar-refractivity contribution in [2.45, 2.75) is 86.2 Å². The SMILES string of the molecule is OC1OC[C@@H](O)[C@H](O)[C@H]1O.OC[C@H]1O[C@@H](O)[C@H](O)[C@H](O)[C@@H]1OC1OC(O)C(O)C(O)C1O. The number of rotatable bonds is 3. The number of aliphatic hydroxyl groups excluding tert-OH is 12. The second-order valence-electron chi connectivity index (χ2n) is 7.47. The summed E-state index contributed by atoms with van der Waals surface area (Å²) < 4.78 is 19.2. The largest absolute Gasteiger partial charge is 0.394 e. The fourth-order valence-corrected chi connectivity index (χ4v) is 3.12. The summed E-state index contributed by atoms with van der Waals surface area (Å²) in [6.45, 7) is -0.846. The molecule has 3 rings (SSSR count). The lowest BCUT2D eigenvalue weighted by Gasteiger charge is -2.44. The topological polar surface area (TPSA) is 280 Å². The van der Waals surface area contributed by atoms with Gasteiger partial charge in [-0.15, -0.1) is 0 Å². The zero-order valence-electron chi connectivity index (χ0n) is 16.5. The number of aliphatic hydroxyl groups is 12. The van der Waals surface area contributed by atoms with E-state index in [0.29, 0.717) is 0 Å². The molecular weight excluding hydrogens is 448 g/mol. The van der Waals surface area contributed by atoms with Gasteiger partial charge in [-0.25, -0.2) is 0 Å². The fraction of sp³-hybridized carbons (Fsp3) is 1.00. The Bertz CT molecular complexity index is 552. The first-order valence-corrected chi connectivity index (χ1v) is 9.58. The van der Waals surface area contributed by atoms with Gasteiger partial charge in [0.15, 0.2) is 25.2 Å². The van der Waals surface area contributed by atoms with Crippen molar-refractivity contribution in [2.24, 2.45) is 0 Å². The van der Waals surface area contributed by atoms with Crippen LogP contribution in [-0.4, -0.2) is 161 Å². The third-order valence-electron chi connectivity index (χ3n) is 5.15. The highest BCUT2D eigenvalue weighted by Gasteiger charge is 2.50. The van der Waals surface area contributed by atoms with Crippen LogP contribution in [0.25, 0.3) is 0 Å². The van der Waals surface area contributed by atoms with E-state index in [1.807, 2.05) is 0 Å². The van der Waals surface area contributed by atoms with Crippen molar-refractivity contribution in [1.29, 1.82) is 0 Å². The van der Waals surface area contributed by atoms with Crippen molar-refractivity contribution in [1.82, 2.24) is 0 Å². The van der Waals surface area contributed by atoms with Gasteiger partial charge >= 0.3 is 0 Å². The molecule has 6 unspecified atom stereocenters. The average molecular weight is 478 g/mol. The van der Waals surface area contributed by atoms with Crippen LogP contribution in [0.2, 0.25) is 0 Å². The maximum atomic E-state index is 9.87. The van der Waals surface area contributed by atoms with Crippen molar-refractivity contribution in [3.8, 4) is 0 Å². The Labute approximate surface area is 180 Å². The molecule has 0 amide bonds. The molecule has 190 valence electrons. The van der Waals surface area contributed by atoms with Crippen LogP contribution in [0.3, 0.4) is 0 Å². The summed E-state index contributed by atoms with van der Waals surface area (Å²) in [6, 6.07) is 0. The Balaban J connectivity index is 0.000000303. The molecule has 0 radical (unpaired) electrons. The minimum Gasteiger partial charge on any atom is -0.394 e. The maximum Gasteiger partial charge on any atom is 0.189 e. The predicted molar refractivity (Wildman–Crippen MR) is 93.7 cm³/mol. The van der Waals surface area contributed by atoms with E-state index < -0.39 is 92.8 Å². The lowest BCUT2D eigenvalue weighted by atomic mass is 9.98. The number of ether oxygens (including phenoxy) is 4. The highest BCUT2D eigenvalue weighted by Crippen LogP contribution is 2.28. The van der Waals surface area contributed by atoms with Gasteiger partial charge in [0.25, 0.3) is 0 Å². The first-order chi connectivity index (χ1) is 14.9. The Morgan fingerprint density at radius 3 is 1.69 bits per heavy atom. The summed E-state index contributed by atoms with van der Waals surface area (Å²) in [6.07, 6.45) is -21.9. The smallest absolute Gasteiger partial charge is 0.189 e. The molecule has 16 heteroatoms. The third kappa shape index (κ3) is 6.07. The Morgan fingerprint density at radius 1 is 0.594 bits per heavy atom. The standard InChI is InChI=1S/C11H20O11.C5H10O5/c12-1-2-8(4(14)6(16)9(18)20-2)21-11-7(17)3(13)5(15)10(19)22-11;6-2-1-10-5(9)4(8)3(2)7/h2-19H,1H2;2-9H,1H2/t2-,3?,4+,5?,6-,7?,8-,9-,10?,11?;2-,3+,4-,5?/m11/s1. The quantitative estimate of drug-likeness (QED) is 0.179. The van der Waals surface area contributed by atoms with Crippen LogP contribution in [0.15, 0.2) is 0 Å². The van der Waals surface area contributed by atoms with Crippen LogP contribution in [0, 0.1) is 0 Å². The highest BCUT2D eigenvalue weighted by atomic mass is 16.8. The predicted octanol–water partition coefficient (Wildman–Crippen LogP) is -8.02. The molecule has 3 aliphatic heterocycles. The van der Waals surface area contributed by atoms with E-state index in [0.717, 1.165) is 0 Å². The van der Waals surface area contributed by atoms with Crippen LogP contribution < -0.4 is 0 Å².